The quantitative estimate of drug-likeness (QED) is 0.835. The van der Waals surface area contributed by atoms with Crippen LogP contribution in [0.5, 0.6) is 0 Å². The van der Waals surface area contributed by atoms with Gasteiger partial charge in [-0.15, -0.1) is 0 Å². The third-order valence-electron chi connectivity index (χ3n) is 3.76. The van der Waals surface area contributed by atoms with Crippen molar-refractivity contribution in [3.63, 3.8) is 0 Å². The maximum atomic E-state index is 4.48. The zero-order chi connectivity index (χ0) is 12.1. The van der Waals surface area contributed by atoms with Crippen LogP contribution < -0.4 is 10.6 Å². The Kier molecular flexibility index (Phi) is 3.87. The van der Waals surface area contributed by atoms with Crippen LogP contribution in [0.2, 0.25) is 0 Å². The zero-order valence-electron chi connectivity index (χ0n) is 10.9. The topological polar surface area (TPSA) is 37.0 Å². The molecule has 0 aromatic carbocycles. The summed E-state index contributed by atoms with van der Waals surface area (Å²) >= 11 is 0. The van der Waals surface area contributed by atoms with Gasteiger partial charge in [0.1, 0.15) is 11.6 Å². The van der Waals surface area contributed by atoms with Gasteiger partial charge in [-0.05, 0) is 30.4 Å². The van der Waals surface area contributed by atoms with Crippen LogP contribution in [0.25, 0.3) is 0 Å². The second-order valence-electron chi connectivity index (χ2n) is 5.38. The van der Waals surface area contributed by atoms with Crippen molar-refractivity contribution in [2.45, 2.75) is 39.0 Å². The van der Waals surface area contributed by atoms with E-state index in [1.807, 2.05) is 25.2 Å². The van der Waals surface area contributed by atoms with Crippen LogP contribution in [-0.2, 0) is 0 Å². The lowest BCUT2D eigenvalue weighted by Gasteiger charge is -2.33. The lowest BCUT2D eigenvalue weighted by molar-refractivity contribution is 0.233. The van der Waals surface area contributed by atoms with Gasteiger partial charge in [-0.25, -0.2) is 4.98 Å². The second kappa shape index (κ2) is 5.39. The zero-order valence-corrected chi connectivity index (χ0v) is 10.9. The Labute approximate surface area is 104 Å². The molecule has 3 nitrogen and oxygen atoms in total. The Bertz CT molecular complexity index is 356. The van der Waals surface area contributed by atoms with E-state index >= 15 is 0 Å². The van der Waals surface area contributed by atoms with E-state index in [4.69, 9.17) is 0 Å². The maximum absolute atomic E-state index is 4.48. The normalized spacial score (nSPS) is 18.7. The number of anilines is 2. The molecule has 1 aliphatic carbocycles. The van der Waals surface area contributed by atoms with Gasteiger partial charge in [-0.1, -0.05) is 32.3 Å². The van der Waals surface area contributed by atoms with Gasteiger partial charge in [-0.2, -0.15) is 0 Å². The minimum atomic E-state index is 0.454. The monoisotopic (exact) mass is 233 g/mol. The van der Waals surface area contributed by atoms with Crippen molar-refractivity contribution >= 4 is 11.6 Å². The van der Waals surface area contributed by atoms with Crippen LogP contribution in [0.1, 0.15) is 39.0 Å². The molecule has 1 heterocycles. The average molecular weight is 233 g/mol. The lowest BCUT2D eigenvalue weighted by Crippen LogP contribution is -2.29. The molecule has 1 saturated carbocycles. The molecule has 0 amide bonds. The summed E-state index contributed by atoms with van der Waals surface area (Å²) in [5.74, 6) is 1.90. The minimum Gasteiger partial charge on any atom is -0.373 e. The van der Waals surface area contributed by atoms with E-state index in [0.717, 1.165) is 18.2 Å². The number of aromatic nitrogens is 1. The van der Waals surface area contributed by atoms with Gasteiger partial charge in [0.05, 0.1) is 0 Å². The highest BCUT2D eigenvalue weighted by molar-refractivity contribution is 5.44. The third-order valence-corrected chi connectivity index (χ3v) is 3.76. The van der Waals surface area contributed by atoms with E-state index in [1.165, 1.54) is 32.1 Å². The van der Waals surface area contributed by atoms with Crippen molar-refractivity contribution in [1.82, 2.24) is 4.98 Å². The van der Waals surface area contributed by atoms with Gasteiger partial charge in [-0.3, -0.25) is 0 Å². The molecular weight excluding hydrogens is 210 g/mol. The minimum absolute atomic E-state index is 0.454. The van der Waals surface area contributed by atoms with Crippen molar-refractivity contribution in [3.05, 3.63) is 18.2 Å². The molecular formula is C14H23N3. The van der Waals surface area contributed by atoms with Crippen molar-refractivity contribution in [3.8, 4) is 0 Å². The van der Waals surface area contributed by atoms with Crippen molar-refractivity contribution in [2.24, 2.45) is 5.41 Å². The Morgan fingerprint density at radius 1 is 1.18 bits per heavy atom. The molecule has 0 unspecified atom stereocenters. The van der Waals surface area contributed by atoms with Gasteiger partial charge in [0.2, 0.25) is 0 Å². The first-order valence-electron chi connectivity index (χ1n) is 6.61. The molecule has 1 fully saturated rings. The predicted molar refractivity (Wildman–Crippen MR) is 73.5 cm³/mol. The molecule has 94 valence electrons. The highest BCUT2D eigenvalue weighted by Gasteiger charge is 2.26. The number of hydrogen-bond donors (Lipinski definition) is 2. The van der Waals surface area contributed by atoms with Gasteiger partial charge in [0.25, 0.3) is 0 Å². The molecule has 2 rings (SSSR count). The molecule has 0 aliphatic heterocycles. The van der Waals surface area contributed by atoms with Crippen molar-refractivity contribution < 1.29 is 0 Å². The van der Waals surface area contributed by atoms with E-state index in [9.17, 15) is 0 Å². The fraction of sp³-hybridized carbons (Fsp3) is 0.643. The van der Waals surface area contributed by atoms with Gasteiger partial charge in [0.15, 0.2) is 0 Å². The number of pyridine rings is 1. The highest BCUT2D eigenvalue weighted by Crippen LogP contribution is 2.35. The van der Waals surface area contributed by atoms with Crippen LogP contribution in [0.15, 0.2) is 18.2 Å². The molecule has 0 atom stereocenters. The summed E-state index contributed by atoms with van der Waals surface area (Å²) in [5, 5.41) is 6.54. The number of nitrogens with one attached hydrogen (secondary N) is 2. The van der Waals surface area contributed by atoms with E-state index in [0.29, 0.717) is 5.41 Å². The summed E-state index contributed by atoms with van der Waals surface area (Å²) in [6.07, 6.45) is 6.84. The molecule has 3 heteroatoms. The fourth-order valence-corrected chi connectivity index (χ4v) is 2.56. The summed E-state index contributed by atoms with van der Waals surface area (Å²) < 4.78 is 0. The number of rotatable bonds is 4. The van der Waals surface area contributed by atoms with Crippen LogP contribution in [0, 0.1) is 5.41 Å². The van der Waals surface area contributed by atoms with E-state index < -0.39 is 0 Å². The molecule has 0 bridgehead atoms. The maximum Gasteiger partial charge on any atom is 0.128 e. The first-order valence-corrected chi connectivity index (χ1v) is 6.61. The summed E-state index contributed by atoms with van der Waals surface area (Å²) in [6, 6.07) is 6.05. The van der Waals surface area contributed by atoms with Gasteiger partial charge < -0.3 is 10.6 Å². The molecule has 2 N–H and O–H groups in total. The van der Waals surface area contributed by atoms with Crippen LogP contribution in [0.3, 0.4) is 0 Å². The fourth-order valence-electron chi connectivity index (χ4n) is 2.56. The van der Waals surface area contributed by atoms with Gasteiger partial charge in [0, 0.05) is 13.6 Å². The predicted octanol–water partition coefficient (Wildman–Crippen LogP) is 3.51. The summed E-state index contributed by atoms with van der Waals surface area (Å²) in [5.41, 5.74) is 0.454. The first-order chi connectivity index (χ1) is 8.22. The summed E-state index contributed by atoms with van der Waals surface area (Å²) in [7, 11) is 1.90. The van der Waals surface area contributed by atoms with Crippen LogP contribution in [0.4, 0.5) is 11.6 Å². The van der Waals surface area contributed by atoms with Crippen LogP contribution >= 0.6 is 0 Å². The Balaban J connectivity index is 1.92. The largest absolute Gasteiger partial charge is 0.373 e. The standard InChI is InChI=1S/C14H23N3/c1-14(9-4-3-5-10-14)11-16-13-8-6-7-12(15-2)17-13/h6-8H,3-5,9-11H2,1-2H3,(H2,15,16,17). The Hall–Kier alpha value is -1.25. The second-order valence-corrected chi connectivity index (χ2v) is 5.38. The highest BCUT2D eigenvalue weighted by atomic mass is 15.1. The summed E-state index contributed by atoms with van der Waals surface area (Å²) in [4.78, 5) is 4.48. The average Bonchev–Trinajstić information content (AvgIpc) is 2.38. The van der Waals surface area contributed by atoms with E-state index in [-0.39, 0.29) is 0 Å². The molecule has 1 aromatic rings. The van der Waals surface area contributed by atoms with Gasteiger partial charge >= 0.3 is 0 Å². The number of hydrogen-bond acceptors (Lipinski definition) is 3. The lowest BCUT2D eigenvalue weighted by atomic mass is 9.76. The number of nitrogens with zero attached hydrogens (tertiary/aromatic N) is 1. The summed E-state index contributed by atoms with van der Waals surface area (Å²) in [6.45, 7) is 3.42. The molecule has 0 saturated heterocycles. The van der Waals surface area contributed by atoms with Crippen molar-refractivity contribution in [2.75, 3.05) is 24.2 Å². The Morgan fingerprint density at radius 3 is 2.59 bits per heavy atom. The molecule has 1 aliphatic rings. The molecule has 0 radical (unpaired) electrons. The third kappa shape index (κ3) is 3.35. The molecule has 0 spiro atoms. The SMILES string of the molecule is CNc1cccc(NCC2(C)CCCCC2)n1. The smallest absolute Gasteiger partial charge is 0.128 e. The first kappa shape index (κ1) is 12.2. The Morgan fingerprint density at radius 2 is 1.88 bits per heavy atom. The van der Waals surface area contributed by atoms with E-state index in [2.05, 4.69) is 22.5 Å². The van der Waals surface area contributed by atoms with Crippen molar-refractivity contribution in [1.29, 1.82) is 0 Å². The molecule has 17 heavy (non-hydrogen) atoms. The van der Waals surface area contributed by atoms with E-state index in [1.54, 1.807) is 0 Å². The van der Waals surface area contributed by atoms with Crippen LogP contribution in [-0.4, -0.2) is 18.6 Å². The molecule has 1 aromatic heterocycles.